The van der Waals surface area contributed by atoms with E-state index in [1.807, 2.05) is 6.07 Å². The molecular formula is C9H14BrN3O. The second kappa shape index (κ2) is 5.95. The van der Waals surface area contributed by atoms with Crippen LogP contribution in [-0.4, -0.2) is 25.2 Å². The van der Waals surface area contributed by atoms with Gasteiger partial charge in [0.1, 0.15) is 5.82 Å². The molecule has 5 heteroatoms. The van der Waals surface area contributed by atoms with E-state index in [4.69, 9.17) is 10.5 Å². The van der Waals surface area contributed by atoms with Crippen LogP contribution in [0.1, 0.15) is 5.56 Å². The van der Waals surface area contributed by atoms with Crippen LogP contribution in [0.4, 0.5) is 5.82 Å². The van der Waals surface area contributed by atoms with Gasteiger partial charge in [-0.15, -0.1) is 0 Å². The third kappa shape index (κ3) is 3.61. The molecular weight excluding hydrogens is 246 g/mol. The SMILES string of the molecule is COCCNCc1cc(Br)cnc1N. The third-order valence-corrected chi connectivity index (χ3v) is 2.20. The number of nitrogens with two attached hydrogens (primary N) is 1. The fraction of sp³-hybridized carbons (Fsp3) is 0.444. The van der Waals surface area contributed by atoms with Crippen LogP contribution in [0.3, 0.4) is 0 Å². The largest absolute Gasteiger partial charge is 0.383 e. The molecule has 0 saturated carbocycles. The van der Waals surface area contributed by atoms with Gasteiger partial charge in [-0.1, -0.05) is 0 Å². The Bertz CT molecular complexity index is 293. The molecule has 3 N–H and O–H groups in total. The lowest BCUT2D eigenvalue weighted by Crippen LogP contribution is -2.19. The summed E-state index contributed by atoms with van der Waals surface area (Å²) in [6.07, 6.45) is 1.69. The summed E-state index contributed by atoms with van der Waals surface area (Å²) in [7, 11) is 1.68. The Morgan fingerprint density at radius 1 is 1.64 bits per heavy atom. The highest BCUT2D eigenvalue weighted by atomic mass is 79.9. The third-order valence-electron chi connectivity index (χ3n) is 1.77. The summed E-state index contributed by atoms with van der Waals surface area (Å²) in [6.45, 7) is 2.21. The number of rotatable bonds is 5. The Morgan fingerprint density at radius 2 is 2.43 bits per heavy atom. The van der Waals surface area contributed by atoms with Crippen molar-refractivity contribution in [2.75, 3.05) is 26.0 Å². The molecule has 0 saturated heterocycles. The van der Waals surface area contributed by atoms with Crippen molar-refractivity contribution in [3.8, 4) is 0 Å². The second-order valence-corrected chi connectivity index (χ2v) is 3.78. The molecule has 1 aromatic rings. The highest BCUT2D eigenvalue weighted by Crippen LogP contribution is 2.14. The number of halogens is 1. The zero-order valence-corrected chi connectivity index (χ0v) is 9.67. The fourth-order valence-corrected chi connectivity index (χ4v) is 1.41. The standard InChI is InChI=1S/C9H14BrN3O/c1-14-3-2-12-5-7-4-8(10)6-13-9(7)11/h4,6,12H,2-3,5H2,1H3,(H2,11,13). The minimum absolute atomic E-state index is 0.568. The number of hydrogen-bond donors (Lipinski definition) is 2. The molecule has 0 aliphatic carbocycles. The van der Waals surface area contributed by atoms with Gasteiger partial charge in [-0.25, -0.2) is 4.98 Å². The number of pyridine rings is 1. The highest BCUT2D eigenvalue weighted by molar-refractivity contribution is 9.10. The van der Waals surface area contributed by atoms with Crippen molar-refractivity contribution in [1.29, 1.82) is 0 Å². The van der Waals surface area contributed by atoms with E-state index in [2.05, 4.69) is 26.2 Å². The number of aromatic nitrogens is 1. The molecule has 0 aliphatic heterocycles. The molecule has 0 amide bonds. The first-order valence-electron chi connectivity index (χ1n) is 4.33. The van der Waals surface area contributed by atoms with E-state index in [1.54, 1.807) is 13.3 Å². The van der Waals surface area contributed by atoms with Crippen molar-refractivity contribution in [3.63, 3.8) is 0 Å². The van der Waals surface area contributed by atoms with Crippen LogP contribution >= 0.6 is 15.9 Å². The lowest BCUT2D eigenvalue weighted by Gasteiger charge is -2.06. The molecule has 0 aromatic carbocycles. The van der Waals surface area contributed by atoms with Gasteiger partial charge in [-0.2, -0.15) is 0 Å². The summed E-state index contributed by atoms with van der Waals surface area (Å²) < 4.78 is 5.86. The Balaban J connectivity index is 2.45. The maximum absolute atomic E-state index is 5.70. The van der Waals surface area contributed by atoms with E-state index in [1.165, 1.54) is 0 Å². The lowest BCUT2D eigenvalue weighted by molar-refractivity contribution is 0.199. The summed E-state index contributed by atoms with van der Waals surface area (Å²) >= 11 is 3.35. The molecule has 0 bridgehead atoms. The number of methoxy groups -OCH3 is 1. The smallest absolute Gasteiger partial charge is 0.127 e. The number of hydrogen-bond acceptors (Lipinski definition) is 4. The van der Waals surface area contributed by atoms with Crippen molar-refractivity contribution in [2.45, 2.75) is 6.54 Å². The van der Waals surface area contributed by atoms with Gasteiger partial charge in [0.2, 0.25) is 0 Å². The average Bonchev–Trinajstić information content (AvgIpc) is 2.18. The Kier molecular flexibility index (Phi) is 4.86. The van der Waals surface area contributed by atoms with Crippen molar-refractivity contribution in [2.24, 2.45) is 0 Å². The van der Waals surface area contributed by atoms with Gasteiger partial charge in [0, 0.05) is 36.4 Å². The van der Waals surface area contributed by atoms with Crippen LogP contribution < -0.4 is 11.1 Å². The first kappa shape index (κ1) is 11.4. The summed E-state index contributed by atoms with van der Waals surface area (Å²) in [5.41, 5.74) is 6.70. The van der Waals surface area contributed by atoms with Crippen LogP contribution in [0.15, 0.2) is 16.7 Å². The van der Waals surface area contributed by atoms with Crippen LogP contribution in [0.2, 0.25) is 0 Å². The van der Waals surface area contributed by atoms with Gasteiger partial charge in [-0.05, 0) is 22.0 Å². The molecule has 0 atom stereocenters. The first-order chi connectivity index (χ1) is 6.74. The van der Waals surface area contributed by atoms with Gasteiger partial charge in [0.05, 0.1) is 6.61 Å². The number of nitrogen functional groups attached to an aromatic ring is 1. The summed E-state index contributed by atoms with van der Waals surface area (Å²) in [4.78, 5) is 4.04. The van der Waals surface area contributed by atoms with Gasteiger partial charge >= 0.3 is 0 Å². The van der Waals surface area contributed by atoms with Gasteiger partial charge in [0.15, 0.2) is 0 Å². The molecule has 1 aromatic heterocycles. The van der Waals surface area contributed by atoms with Gasteiger partial charge in [0.25, 0.3) is 0 Å². The molecule has 0 radical (unpaired) electrons. The average molecular weight is 260 g/mol. The van der Waals surface area contributed by atoms with Crippen LogP contribution in [0.5, 0.6) is 0 Å². The zero-order chi connectivity index (χ0) is 10.4. The normalized spacial score (nSPS) is 10.4. The van der Waals surface area contributed by atoms with E-state index in [0.29, 0.717) is 19.0 Å². The van der Waals surface area contributed by atoms with E-state index in [-0.39, 0.29) is 0 Å². The molecule has 0 spiro atoms. The van der Waals surface area contributed by atoms with Crippen LogP contribution in [-0.2, 0) is 11.3 Å². The predicted octanol–water partition coefficient (Wildman–Crippen LogP) is 1.16. The molecule has 0 fully saturated rings. The Hall–Kier alpha value is -0.650. The van der Waals surface area contributed by atoms with E-state index in [9.17, 15) is 0 Å². The number of anilines is 1. The predicted molar refractivity (Wildman–Crippen MR) is 59.9 cm³/mol. The molecule has 78 valence electrons. The van der Waals surface area contributed by atoms with E-state index < -0.39 is 0 Å². The van der Waals surface area contributed by atoms with Crippen molar-refractivity contribution in [3.05, 3.63) is 22.3 Å². The van der Waals surface area contributed by atoms with Crippen LogP contribution in [0.25, 0.3) is 0 Å². The Labute approximate surface area is 92.0 Å². The second-order valence-electron chi connectivity index (χ2n) is 2.87. The van der Waals surface area contributed by atoms with Crippen molar-refractivity contribution >= 4 is 21.7 Å². The first-order valence-corrected chi connectivity index (χ1v) is 5.13. The van der Waals surface area contributed by atoms with Crippen molar-refractivity contribution < 1.29 is 4.74 Å². The highest BCUT2D eigenvalue weighted by Gasteiger charge is 2.00. The molecule has 14 heavy (non-hydrogen) atoms. The summed E-state index contributed by atoms with van der Waals surface area (Å²) in [5.74, 6) is 0.568. The van der Waals surface area contributed by atoms with E-state index in [0.717, 1.165) is 16.6 Å². The quantitative estimate of drug-likeness (QED) is 0.780. The topological polar surface area (TPSA) is 60.2 Å². The molecule has 4 nitrogen and oxygen atoms in total. The minimum atomic E-state index is 0.568. The Morgan fingerprint density at radius 3 is 3.14 bits per heavy atom. The number of ether oxygens (including phenoxy) is 1. The monoisotopic (exact) mass is 259 g/mol. The van der Waals surface area contributed by atoms with Crippen molar-refractivity contribution in [1.82, 2.24) is 10.3 Å². The molecule has 0 unspecified atom stereocenters. The van der Waals surface area contributed by atoms with E-state index >= 15 is 0 Å². The molecule has 0 aliphatic rings. The summed E-state index contributed by atoms with van der Waals surface area (Å²) in [6, 6.07) is 1.96. The lowest BCUT2D eigenvalue weighted by atomic mass is 10.2. The zero-order valence-electron chi connectivity index (χ0n) is 8.09. The minimum Gasteiger partial charge on any atom is -0.383 e. The van der Waals surface area contributed by atoms with Crippen LogP contribution in [0, 0.1) is 0 Å². The maximum Gasteiger partial charge on any atom is 0.127 e. The maximum atomic E-state index is 5.70. The molecule has 1 heterocycles. The van der Waals surface area contributed by atoms with Gasteiger partial charge < -0.3 is 15.8 Å². The van der Waals surface area contributed by atoms with Gasteiger partial charge in [-0.3, -0.25) is 0 Å². The fourth-order valence-electron chi connectivity index (χ4n) is 1.03. The number of nitrogens with one attached hydrogen (secondary N) is 1. The summed E-state index contributed by atoms with van der Waals surface area (Å²) in [5, 5.41) is 3.20. The molecule has 1 rings (SSSR count). The number of nitrogens with zero attached hydrogens (tertiary/aromatic N) is 1.